The first-order valence-electron chi connectivity index (χ1n) is 6.38. The largest absolute Gasteiger partial charge is 0.363 e. The Balaban J connectivity index is 2.01. The standard InChI is InChI=1S/C12H18N6/c1-9-6-10(18-11(16-9)14-8-15-18)17-12(7-13)4-2-3-5-12/h6,8,17H,2-5,7,13H2,1H3. The van der Waals surface area contributed by atoms with Crippen LogP contribution in [0.25, 0.3) is 5.78 Å². The second-order valence-corrected chi connectivity index (χ2v) is 5.07. The Labute approximate surface area is 106 Å². The molecule has 0 spiro atoms. The van der Waals surface area contributed by atoms with Crippen molar-refractivity contribution in [3.8, 4) is 0 Å². The minimum Gasteiger partial charge on any atom is -0.363 e. The van der Waals surface area contributed by atoms with E-state index < -0.39 is 0 Å². The Hall–Kier alpha value is -1.69. The van der Waals surface area contributed by atoms with Gasteiger partial charge in [-0.2, -0.15) is 14.6 Å². The molecule has 6 heteroatoms. The van der Waals surface area contributed by atoms with E-state index in [9.17, 15) is 0 Å². The van der Waals surface area contributed by atoms with Gasteiger partial charge in [-0.15, -0.1) is 0 Å². The molecule has 1 aliphatic rings. The lowest BCUT2D eigenvalue weighted by Crippen LogP contribution is -2.43. The quantitative estimate of drug-likeness (QED) is 0.848. The van der Waals surface area contributed by atoms with Crippen molar-refractivity contribution in [2.24, 2.45) is 5.73 Å². The van der Waals surface area contributed by atoms with E-state index in [1.165, 1.54) is 19.2 Å². The number of anilines is 1. The highest BCUT2D eigenvalue weighted by molar-refractivity contribution is 5.47. The molecule has 1 aliphatic carbocycles. The van der Waals surface area contributed by atoms with Crippen LogP contribution < -0.4 is 11.1 Å². The van der Waals surface area contributed by atoms with Crippen LogP contribution >= 0.6 is 0 Å². The van der Waals surface area contributed by atoms with Gasteiger partial charge < -0.3 is 11.1 Å². The highest BCUT2D eigenvalue weighted by atomic mass is 15.4. The van der Waals surface area contributed by atoms with Crippen LogP contribution in [0.15, 0.2) is 12.4 Å². The van der Waals surface area contributed by atoms with E-state index >= 15 is 0 Å². The Morgan fingerprint density at radius 1 is 1.44 bits per heavy atom. The van der Waals surface area contributed by atoms with Crippen LogP contribution in [-0.2, 0) is 0 Å². The molecule has 0 aliphatic heterocycles. The van der Waals surface area contributed by atoms with Crippen molar-refractivity contribution in [2.75, 3.05) is 11.9 Å². The van der Waals surface area contributed by atoms with Crippen LogP contribution in [0.4, 0.5) is 5.82 Å². The number of aromatic nitrogens is 4. The number of nitrogens with zero attached hydrogens (tertiary/aromatic N) is 4. The summed E-state index contributed by atoms with van der Waals surface area (Å²) in [6.07, 6.45) is 6.21. The van der Waals surface area contributed by atoms with Gasteiger partial charge in [0.1, 0.15) is 12.1 Å². The molecule has 2 aromatic heterocycles. The predicted molar refractivity (Wildman–Crippen MR) is 69.4 cm³/mol. The molecule has 1 saturated carbocycles. The molecule has 0 radical (unpaired) electrons. The zero-order chi connectivity index (χ0) is 12.6. The molecule has 0 saturated heterocycles. The van der Waals surface area contributed by atoms with E-state index in [1.807, 2.05) is 13.0 Å². The maximum Gasteiger partial charge on any atom is 0.254 e. The fourth-order valence-corrected chi connectivity index (χ4v) is 2.72. The fraction of sp³-hybridized carbons (Fsp3) is 0.583. The number of nitrogens with one attached hydrogen (secondary N) is 1. The highest BCUT2D eigenvalue weighted by Gasteiger charge is 2.33. The van der Waals surface area contributed by atoms with Gasteiger partial charge in [0.25, 0.3) is 5.78 Å². The monoisotopic (exact) mass is 246 g/mol. The third-order valence-corrected chi connectivity index (χ3v) is 3.72. The van der Waals surface area contributed by atoms with Gasteiger partial charge in [0, 0.05) is 18.3 Å². The average Bonchev–Trinajstić information content (AvgIpc) is 2.98. The molecule has 3 rings (SSSR count). The zero-order valence-electron chi connectivity index (χ0n) is 10.6. The summed E-state index contributed by atoms with van der Waals surface area (Å²) < 4.78 is 1.74. The van der Waals surface area contributed by atoms with Crippen molar-refractivity contribution in [1.82, 2.24) is 19.6 Å². The van der Waals surface area contributed by atoms with E-state index in [0.29, 0.717) is 12.3 Å². The number of aryl methyl sites for hydroxylation is 1. The van der Waals surface area contributed by atoms with E-state index in [2.05, 4.69) is 20.4 Å². The van der Waals surface area contributed by atoms with Gasteiger partial charge >= 0.3 is 0 Å². The SMILES string of the molecule is Cc1cc(NC2(CN)CCCC2)n2ncnc2n1. The summed E-state index contributed by atoms with van der Waals surface area (Å²) in [4.78, 5) is 8.47. The van der Waals surface area contributed by atoms with Crippen molar-refractivity contribution in [3.05, 3.63) is 18.1 Å². The molecular weight excluding hydrogens is 228 g/mol. The average molecular weight is 246 g/mol. The fourth-order valence-electron chi connectivity index (χ4n) is 2.72. The third-order valence-electron chi connectivity index (χ3n) is 3.72. The first-order valence-corrected chi connectivity index (χ1v) is 6.38. The van der Waals surface area contributed by atoms with Gasteiger partial charge in [-0.3, -0.25) is 0 Å². The molecule has 18 heavy (non-hydrogen) atoms. The normalized spacial score (nSPS) is 18.3. The van der Waals surface area contributed by atoms with E-state index in [0.717, 1.165) is 24.4 Å². The minimum atomic E-state index is 0.00662. The predicted octanol–water partition coefficient (Wildman–Crippen LogP) is 1.12. The lowest BCUT2D eigenvalue weighted by Gasteiger charge is -2.29. The Morgan fingerprint density at radius 3 is 2.94 bits per heavy atom. The summed E-state index contributed by atoms with van der Waals surface area (Å²) in [7, 11) is 0. The number of hydrogen-bond donors (Lipinski definition) is 2. The van der Waals surface area contributed by atoms with Crippen LogP contribution in [-0.4, -0.2) is 31.7 Å². The first-order chi connectivity index (χ1) is 8.72. The molecule has 2 heterocycles. The minimum absolute atomic E-state index is 0.00662. The second-order valence-electron chi connectivity index (χ2n) is 5.07. The number of rotatable bonds is 3. The molecule has 3 N–H and O–H groups in total. The summed E-state index contributed by atoms with van der Waals surface area (Å²) in [5, 5.41) is 7.78. The van der Waals surface area contributed by atoms with Crippen LogP contribution in [0.3, 0.4) is 0 Å². The van der Waals surface area contributed by atoms with Gasteiger partial charge in [-0.1, -0.05) is 12.8 Å². The molecule has 0 bridgehead atoms. The van der Waals surface area contributed by atoms with Crippen LogP contribution in [0.2, 0.25) is 0 Å². The summed E-state index contributed by atoms with van der Waals surface area (Å²) >= 11 is 0. The summed E-state index contributed by atoms with van der Waals surface area (Å²) in [5.74, 6) is 1.56. The molecule has 0 aromatic carbocycles. The summed E-state index contributed by atoms with van der Waals surface area (Å²) in [6.45, 7) is 2.61. The van der Waals surface area contributed by atoms with Gasteiger partial charge in [-0.05, 0) is 19.8 Å². The van der Waals surface area contributed by atoms with Gasteiger partial charge in [0.2, 0.25) is 0 Å². The molecule has 6 nitrogen and oxygen atoms in total. The molecule has 2 aromatic rings. The number of nitrogens with two attached hydrogens (primary N) is 1. The van der Waals surface area contributed by atoms with E-state index in [-0.39, 0.29) is 5.54 Å². The lowest BCUT2D eigenvalue weighted by atomic mass is 9.98. The maximum absolute atomic E-state index is 5.95. The summed E-state index contributed by atoms with van der Waals surface area (Å²) in [5.41, 5.74) is 6.89. The molecule has 0 unspecified atom stereocenters. The molecule has 1 fully saturated rings. The highest BCUT2D eigenvalue weighted by Crippen LogP contribution is 2.32. The number of fused-ring (bicyclic) bond motifs is 1. The number of hydrogen-bond acceptors (Lipinski definition) is 5. The Morgan fingerprint density at radius 2 is 2.22 bits per heavy atom. The topological polar surface area (TPSA) is 81.1 Å². The Bertz CT molecular complexity index is 555. The Kier molecular flexibility index (Phi) is 2.66. The zero-order valence-corrected chi connectivity index (χ0v) is 10.6. The third kappa shape index (κ3) is 1.82. The van der Waals surface area contributed by atoms with Crippen molar-refractivity contribution in [2.45, 2.75) is 38.1 Å². The van der Waals surface area contributed by atoms with E-state index in [1.54, 1.807) is 4.52 Å². The second kappa shape index (κ2) is 4.20. The van der Waals surface area contributed by atoms with Gasteiger partial charge in [0.05, 0.1) is 5.54 Å². The molecule has 96 valence electrons. The lowest BCUT2D eigenvalue weighted by molar-refractivity contribution is 0.489. The molecule has 0 amide bonds. The van der Waals surface area contributed by atoms with Crippen molar-refractivity contribution in [1.29, 1.82) is 0 Å². The van der Waals surface area contributed by atoms with Crippen molar-refractivity contribution in [3.63, 3.8) is 0 Å². The first kappa shape index (κ1) is 11.4. The van der Waals surface area contributed by atoms with Crippen LogP contribution in [0.1, 0.15) is 31.4 Å². The van der Waals surface area contributed by atoms with E-state index in [4.69, 9.17) is 5.73 Å². The maximum atomic E-state index is 5.95. The smallest absolute Gasteiger partial charge is 0.254 e. The van der Waals surface area contributed by atoms with Crippen LogP contribution in [0, 0.1) is 6.92 Å². The van der Waals surface area contributed by atoms with Crippen molar-refractivity contribution >= 4 is 11.6 Å². The van der Waals surface area contributed by atoms with Gasteiger partial charge in [0.15, 0.2) is 0 Å². The van der Waals surface area contributed by atoms with Gasteiger partial charge in [-0.25, -0.2) is 4.98 Å². The van der Waals surface area contributed by atoms with Crippen LogP contribution in [0.5, 0.6) is 0 Å². The molecular formula is C12H18N6. The van der Waals surface area contributed by atoms with Crippen molar-refractivity contribution < 1.29 is 0 Å². The summed E-state index contributed by atoms with van der Waals surface area (Å²) in [6, 6.07) is 2.00. The molecule has 0 atom stereocenters.